The minimum Gasteiger partial charge on any atom is -0.495 e. The maximum atomic E-state index is 12.6. The Morgan fingerprint density at radius 2 is 2.15 bits per heavy atom. The number of aryl methyl sites for hydroxylation is 1. The molecule has 1 aromatic heterocycles. The van der Waals surface area contributed by atoms with Crippen molar-refractivity contribution in [1.29, 1.82) is 0 Å². The molecule has 1 aromatic carbocycles. The van der Waals surface area contributed by atoms with Gasteiger partial charge in [0.2, 0.25) is 5.91 Å². The highest BCUT2D eigenvalue weighted by Crippen LogP contribution is 2.31. The minimum atomic E-state index is -0.905. The van der Waals surface area contributed by atoms with Crippen LogP contribution >= 0.6 is 11.6 Å². The van der Waals surface area contributed by atoms with Gasteiger partial charge in [0.25, 0.3) is 0 Å². The summed E-state index contributed by atoms with van der Waals surface area (Å²) in [6, 6.07) is 3.18. The summed E-state index contributed by atoms with van der Waals surface area (Å²) in [6.45, 7) is 2.39. The zero-order chi connectivity index (χ0) is 19.7. The number of rotatable bonds is 4. The highest BCUT2D eigenvalue weighted by molar-refractivity contribution is 6.32. The van der Waals surface area contributed by atoms with Crippen LogP contribution in [0, 0.1) is 12.8 Å². The molecular formula is C19H20ClNO6. The van der Waals surface area contributed by atoms with Gasteiger partial charge in [-0.05, 0) is 31.4 Å². The van der Waals surface area contributed by atoms with E-state index in [0.717, 1.165) is 0 Å². The van der Waals surface area contributed by atoms with Gasteiger partial charge in [-0.1, -0.05) is 11.6 Å². The van der Waals surface area contributed by atoms with Crippen LogP contribution in [-0.2, 0) is 16.0 Å². The Hall–Kier alpha value is -2.54. The average molecular weight is 394 g/mol. The fourth-order valence-electron chi connectivity index (χ4n) is 3.42. The topological polar surface area (TPSA) is 97.0 Å². The molecule has 8 heteroatoms. The van der Waals surface area contributed by atoms with Gasteiger partial charge in [0.1, 0.15) is 11.3 Å². The summed E-state index contributed by atoms with van der Waals surface area (Å²) in [5.41, 5.74) is 0.612. The Kier molecular flexibility index (Phi) is 5.41. The second-order valence-electron chi connectivity index (χ2n) is 6.67. The molecule has 1 amide bonds. The van der Waals surface area contributed by atoms with E-state index in [1.807, 2.05) is 0 Å². The van der Waals surface area contributed by atoms with Crippen LogP contribution in [0.2, 0.25) is 5.02 Å². The summed E-state index contributed by atoms with van der Waals surface area (Å²) >= 11 is 6.17. The molecule has 0 saturated carbocycles. The molecule has 1 N–H and O–H groups in total. The smallest absolute Gasteiger partial charge is 0.340 e. The monoisotopic (exact) mass is 393 g/mol. The zero-order valence-electron chi connectivity index (χ0n) is 15.1. The summed E-state index contributed by atoms with van der Waals surface area (Å²) in [7, 11) is 1.47. The largest absolute Gasteiger partial charge is 0.495 e. The van der Waals surface area contributed by atoms with E-state index in [1.54, 1.807) is 19.1 Å². The number of hydrogen-bond donors (Lipinski definition) is 1. The van der Waals surface area contributed by atoms with E-state index in [4.69, 9.17) is 20.8 Å². The lowest BCUT2D eigenvalue weighted by molar-refractivity contribution is -0.145. The molecule has 0 spiro atoms. The fraction of sp³-hybridized carbons (Fsp3) is 0.421. The number of carbonyl (C=O) groups is 2. The lowest BCUT2D eigenvalue weighted by atomic mass is 9.97. The maximum absolute atomic E-state index is 12.6. The number of likely N-dealkylation sites (tertiary alicyclic amines) is 1. The first-order chi connectivity index (χ1) is 12.8. The Labute approximate surface area is 160 Å². The van der Waals surface area contributed by atoms with Gasteiger partial charge in [-0.15, -0.1) is 0 Å². The van der Waals surface area contributed by atoms with E-state index in [9.17, 15) is 19.5 Å². The van der Waals surface area contributed by atoms with Crippen molar-refractivity contribution in [2.24, 2.45) is 5.92 Å². The number of carbonyl (C=O) groups excluding carboxylic acids is 1. The van der Waals surface area contributed by atoms with Crippen LogP contribution in [0.5, 0.6) is 5.75 Å². The van der Waals surface area contributed by atoms with E-state index in [0.29, 0.717) is 46.7 Å². The van der Waals surface area contributed by atoms with Crippen molar-refractivity contribution in [3.05, 3.63) is 38.7 Å². The highest BCUT2D eigenvalue weighted by Gasteiger charge is 2.29. The maximum Gasteiger partial charge on any atom is 0.340 e. The molecule has 2 heterocycles. The van der Waals surface area contributed by atoms with Crippen LogP contribution in [0.15, 0.2) is 21.3 Å². The van der Waals surface area contributed by atoms with E-state index in [-0.39, 0.29) is 24.4 Å². The number of carboxylic acid groups (broad SMARTS) is 1. The van der Waals surface area contributed by atoms with Gasteiger partial charge >= 0.3 is 11.6 Å². The fourth-order valence-corrected chi connectivity index (χ4v) is 3.66. The Morgan fingerprint density at radius 1 is 1.41 bits per heavy atom. The predicted molar refractivity (Wildman–Crippen MR) is 99.4 cm³/mol. The summed E-state index contributed by atoms with van der Waals surface area (Å²) < 4.78 is 10.5. The minimum absolute atomic E-state index is 0.139. The molecule has 7 nitrogen and oxygen atoms in total. The lowest BCUT2D eigenvalue weighted by Crippen LogP contribution is -2.43. The molecule has 0 radical (unpaired) electrons. The number of halogens is 1. The molecule has 2 aromatic rings. The predicted octanol–water partition coefficient (Wildman–Crippen LogP) is 2.63. The van der Waals surface area contributed by atoms with Crippen molar-refractivity contribution < 1.29 is 23.8 Å². The van der Waals surface area contributed by atoms with Gasteiger partial charge in [0.05, 0.1) is 30.0 Å². The van der Waals surface area contributed by atoms with Gasteiger partial charge in [-0.25, -0.2) is 4.79 Å². The third-order valence-electron chi connectivity index (χ3n) is 5.01. The quantitative estimate of drug-likeness (QED) is 0.802. The number of carboxylic acids is 1. The number of methoxy groups -OCH3 is 1. The number of hydrogen-bond acceptors (Lipinski definition) is 5. The van der Waals surface area contributed by atoms with Crippen LogP contribution in [0.25, 0.3) is 11.0 Å². The number of fused-ring (bicyclic) bond motifs is 1. The summed E-state index contributed by atoms with van der Waals surface area (Å²) in [4.78, 5) is 37.8. The SMILES string of the molecule is COc1cc2oc(=O)c(CC(=O)N3CCCC(C(=O)O)C3)c(C)c2cc1Cl. The van der Waals surface area contributed by atoms with E-state index in [1.165, 1.54) is 12.0 Å². The van der Waals surface area contributed by atoms with Gasteiger partial charge in [0, 0.05) is 24.5 Å². The van der Waals surface area contributed by atoms with Crippen molar-refractivity contribution in [2.45, 2.75) is 26.2 Å². The normalized spacial score (nSPS) is 17.1. The van der Waals surface area contributed by atoms with Crippen molar-refractivity contribution in [3.63, 3.8) is 0 Å². The first kappa shape index (κ1) is 19.2. The van der Waals surface area contributed by atoms with Gasteiger partial charge in [-0.2, -0.15) is 0 Å². The molecule has 1 atom stereocenters. The van der Waals surface area contributed by atoms with Crippen LogP contribution < -0.4 is 10.4 Å². The molecular weight excluding hydrogens is 374 g/mol. The second kappa shape index (κ2) is 7.60. The first-order valence-corrected chi connectivity index (χ1v) is 9.00. The summed E-state index contributed by atoms with van der Waals surface area (Å²) in [6.07, 6.45) is 1.04. The van der Waals surface area contributed by atoms with Gasteiger partial charge in [-0.3, -0.25) is 9.59 Å². The van der Waals surface area contributed by atoms with Crippen LogP contribution in [0.1, 0.15) is 24.0 Å². The number of nitrogens with zero attached hydrogens (tertiary/aromatic N) is 1. The first-order valence-electron chi connectivity index (χ1n) is 8.62. The van der Waals surface area contributed by atoms with Crippen LogP contribution in [0.4, 0.5) is 0 Å². The Balaban J connectivity index is 1.91. The number of aliphatic carboxylic acids is 1. The van der Waals surface area contributed by atoms with Crippen LogP contribution in [0.3, 0.4) is 0 Å². The molecule has 1 aliphatic rings. The van der Waals surface area contributed by atoms with E-state index >= 15 is 0 Å². The van der Waals surface area contributed by atoms with E-state index < -0.39 is 17.5 Å². The van der Waals surface area contributed by atoms with Gasteiger partial charge < -0.3 is 19.2 Å². The number of piperidine rings is 1. The molecule has 1 fully saturated rings. The van der Waals surface area contributed by atoms with Crippen molar-refractivity contribution in [2.75, 3.05) is 20.2 Å². The molecule has 3 rings (SSSR count). The number of benzene rings is 1. The average Bonchev–Trinajstić information content (AvgIpc) is 2.65. The van der Waals surface area contributed by atoms with Gasteiger partial charge in [0.15, 0.2) is 0 Å². The number of amides is 1. The standard InChI is InChI=1S/C19H20ClNO6/c1-10-12-6-14(20)16(26-2)8-15(12)27-19(25)13(10)7-17(22)21-5-3-4-11(9-21)18(23)24/h6,8,11H,3-5,7,9H2,1-2H3,(H,23,24). The molecule has 1 saturated heterocycles. The van der Waals surface area contributed by atoms with Crippen LogP contribution in [-0.4, -0.2) is 42.1 Å². The summed E-state index contributed by atoms with van der Waals surface area (Å²) in [5, 5.41) is 10.2. The molecule has 27 heavy (non-hydrogen) atoms. The highest BCUT2D eigenvalue weighted by atomic mass is 35.5. The van der Waals surface area contributed by atoms with Crippen molar-refractivity contribution in [3.8, 4) is 5.75 Å². The second-order valence-corrected chi connectivity index (χ2v) is 7.08. The lowest BCUT2D eigenvalue weighted by Gasteiger charge is -2.30. The third kappa shape index (κ3) is 3.78. The molecule has 144 valence electrons. The third-order valence-corrected chi connectivity index (χ3v) is 5.31. The Bertz CT molecular complexity index is 967. The molecule has 1 aliphatic heterocycles. The number of ether oxygens (including phenoxy) is 1. The molecule has 0 bridgehead atoms. The Morgan fingerprint density at radius 3 is 2.81 bits per heavy atom. The zero-order valence-corrected chi connectivity index (χ0v) is 15.8. The van der Waals surface area contributed by atoms with Crippen molar-refractivity contribution >= 4 is 34.4 Å². The van der Waals surface area contributed by atoms with Crippen molar-refractivity contribution in [1.82, 2.24) is 4.90 Å². The molecule has 1 unspecified atom stereocenters. The summed E-state index contributed by atoms with van der Waals surface area (Å²) in [5.74, 6) is -1.36. The molecule has 0 aliphatic carbocycles. The van der Waals surface area contributed by atoms with E-state index in [2.05, 4.69) is 0 Å².